The third-order valence-corrected chi connectivity index (χ3v) is 6.87. The fourth-order valence-electron chi connectivity index (χ4n) is 0.640. The normalized spacial score (nSPS) is 14.0. The number of hydrogen-bond acceptors (Lipinski definition) is 3. The molecule has 0 fully saturated rings. The van der Waals surface area contributed by atoms with Gasteiger partial charge in [-0.1, -0.05) is 5.70 Å². The molecule has 0 unspecified atom stereocenters. The van der Waals surface area contributed by atoms with Gasteiger partial charge in [0.05, 0.1) is 0 Å². The van der Waals surface area contributed by atoms with Gasteiger partial charge in [-0.15, -0.1) is 0 Å². The van der Waals surface area contributed by atoms with Crippen molar-refractivity contribution in [3.05, 3.63) is 11.4 Å². The number of rotatable bonds is 5. The van der Waals surface area contributed by atoms with Crippen LogP contribution in [0.1, 0.15) is 0 Å². The lowest BCUT2D eigenvalue weighted by atomic mass is 11.2. The van der Waals surface area contributed by atoms with Gasteiger partial charge in [0.25, 0.3) is 0 Å². The molecule has 0 radical (unpaired) electrons. The van der Waals surface area contributed by atoms with Crippen molar-refractivity contribution in [3.63, 3.8) is 0 Å². The summed E-state index contributed by atoms with van der Waals surface area (Å²) in [7, 11) is 1.43. The Labute approximate surface area is 83.1 Å². The molecule has 0 aromatic carbocycles. The van der Waals surface area contributed by atoms with Crippen molar-refractivity contribution in [1.29, 1.82) is 0 Å². The summed E-state index contributed by atoms with van der Waals surface area (Å²) in [5, 5.41) is 0. The zero-order valence-electron chi connectivity index (χ0n) is 9.38. The van der Waals surface area contributed by atoms with Crippen molar-refractivity contribution >= 4 is 16.9 Å². The molecule has 3 nitrogen and oxygen atoms in total. The van der Waals surface area contributed by atoms with Crippen molar-refractivity contribution in [2.75, 3.05) is 21.3 Å². The van der Waals surface area contributed by atoms with E-state index in [-0.39, 0.29) is 0 Å². The molecule has 78 valence electrons. The minimum Gasteiger partial charge on any atom is -0.417 e. The van der Waals surface area contributed by atoms with Gasteiger partial charge in [0.2, 0.25) is 8.32 Å². The highest BCUT2D eigenvalue weighted by molar-refractivity contribution is 6.79. The molecule has 13 heavy (non-hydrogen) atoms. The van der Waals surface area contributed by atoms with Gasteiger partial charge in [-0.25, -0.2) is 0 Å². The van der Waals surface area contributed by atoms with Crippen LogP contribution in [0.25, 0.3) is 0 Å². The predicted molar refractivity (Wildman–Crippen MR) is 59.3 cm³/mol. The molecule has 0 saturated carbocycles. The van der Waals surface area contributed by atoms with Crippen molar-refractivity contribution in [3.8, 4) is 0 Å². The largest absolute Gasteiger partial charge is 0.417 e. The zero-order valence-corrected chi connectivity index (χ0v) is 11.4. The first-order valence-electron chi connectivity index (χ1n) is 4.25. The van der Waals surface area contributed by atoms with Gasteiger partial charge < -0.3 is 13.3 Å². The van der Waals surface area contributed by atoms with Crippen LogP contribution in [0.15, 0.2) is 11.4 Å². The lowest BCUT2D eigenvalue weighted by Crippen LogP contribution is -2.36. The summed E-state index contributed by atoms with van der Waals surface area (Å²) in [6.45, 7) is 6.26. The van der Waals surface area contributed by atoms with Gasteiger partial charge in [-0.05, 0) is 25.3 Å². The van der Waals surface area contributed by atoms with E-state index < -0.39 is 16.9 Å². The Bertz CT molecular complexity index is 176. The smallest absolute Gasteiger partial charge is 0.360 e. The summed E-state index contributed by atoms with van der Waals surface area (Å²) in [6, 6.07) is 0. The summed E-state index contributed by atoms with van der Waals surface area (Å²) < 4.78 is 16.0. The van der Waals surface area contributed by atoms with Gasteiger partial charge in [-0.2, -0.15) is 0 Å². The van der Waals surface area contributed by atoms with Crippen LogP contribution in [0.3, 0.4) is 0 Å². The van der Waals surface area contributed by atoms with Gasteiger partial charge >= 0.3 is 8.56 Å². The van der Waals surface area contributed by atoms with Crippen LogP contribution in [0, 0.1) is 0 Å². The first kappa shape index (κ1) is 13.1. The number of hydrogen-bond donors (Lipinski definition) is 0. The Morgan fingerprint density at radius 1 is 0.769 bits per heavy atom. The molecule has 0 amide bonds. The molecule has 5 heteroatoms. The van der Waals surface area contributed by atoms with Crippen LogP contribution in [0.5, 0.6) is 0 Å². The van der Waals surface area contributed by atoms with Crippen molar-refractivity contribution in [2.24, 2.45) is 0 Å². The highest BCUT2D eigenvalue weighted by Crippen LogP contribution is 2.10. The maximum absolute atomic E-state index is 5.39. The second-order valence-electron chi connectivity index (χ2n) is 3.57. The predicted octanol–water partition coefficient (Wildman–Crippen LogP) is 1.84. The maximum Gasteiger partial charge on any atom is 0.360 e. The zero-order chi connectivity index (χ0) is 10.5. The summed E-state index contributed by atoms with van der Waals surface area (Å²) in [5.41, 5.74) is 4.16. The fraction of sp³-hybridized carbons (Fsp3) is 0.750. The Morgan fingerprint density at radius 2 is 1.23 bits per heavy atom. The third kappa shape index (κ3) is 4.73. The molecule has 0 aliphatic heterocycles. The van der Waals surface area contributed by atoms with Gasteiger partial charge in [0.1, 0.15) is 0 Å². The van der Waals surface area contributed by atoms with E-state index in [0.29, 0.717) is 0 Å². The summed E-state index contributed by atoms with van der Waals surface area (Å²) in [4.78, 5) is 0. The van der Waals surface area contributed by atoms with Crippen molar-refractivity contribution in [2.45, 2.75) is 19.6 Å². The standard InChI is InChI=1S/C8H20O3Si2/c1-9-12(4,5)7-8-13(6,10-2)11-3/h7-8H,1-6H3/b8-7+. The summed E-state index contributed by atoms with van der Waals surface area (Å²) in [6.07, 6.45) is 0. The molecular formula is C8H20O3Si2. The SMILES string of the molecule is CO[Si](C)(C)/C=C/[Si](C)(OC)OC. The molecule has 0 saturated heterocycles. The molecular weight excluding hydrogens is 200 g/mol. The quantitative estimate of drug-likeness (QED) is 0.662. The van der Waals surface area contributed by atoms with E-state index in [9.17, 15) is 0 Å². The van der Waals surface area contributed by atoms with E-state index in [1.807, 2.05) is 12.2 Å². The monoisotopic (exact) mass is 220 g/mol. The Kier molecular flexibility index (Phi) is 5.09. The maximum atomic E-state index is 5.39. The molecule has 0 aromatic heterocycles. The van der Waals surface area contributed by atoms with E-state index in [0.717, 1.165) is 0 Å². The molecule has 0 atom stereocenters. The lowest BCUT2D eigenvalue weighted by molar-refractivity contribution is 0.264. The first-order valence-corrected chi connectivity index (χ1v) is 9.63. The molecule has 0 aromatic rings. The minimum atomic E-state index is -2.05. The molecule has 0 bridgehead atoms. The molecule has 0 aliphatic rings. The van der Waals surface area contributed by atoms with E-state index in [1.165, 1.54) is 0 Å². The van der Waals surface area contributed by atoms with Crippen molar-refractivity contribution < 1.29 is 13.3 Å². The van der Waals surface area contributed by atoms with Crippen LogP contribution >= 0.6 is 0 Å². The van der Waals surface area contributed by atoms with Gasteiger partial charge in [0.15, 0.2) is 0 Å². The average Bonchev–Trinajstić information content (AvgIpc) is 2.14. The average molecular weight is 220 g/mol. The Hall–Kier alpha value is 0.0538. The Morgan fingerprint density at radius 3 is 1.54 bits per heavy atom. The highest BCUT2D eigenvalue weighted by Gasteiger charge is 2.27. The summed E-state index contributed by atoms with van der Waals surface area (Å²) >= 11 is 0. The lowest BCUT2D eigenvalue weighted by Gasteiger charge is -2.21. The van der Waals surface area contributed by atoms with Gasteiger partial charge in [0, 0.05) is 21.3 Å². The van der Waals surface area contributed by atoms with Crippen LogP contribution in [0.4, 0.5) is 0 Å². The highest BCUT2D eigenvalue weighted by atomic mass is 28.4. The van der Waals surface area contributed by atoms with Crippen LogP contribution in [-0.4, -0.2) is 38.2 Å². The topological polar surface area (TPSA) is 27.7 Å². The van der Waals surface area contributed by atoms with E-state index in [1.54, 1.807) is 21.3 Å². The van der Waals surface area contributed by atoms with Crippen LogP contribution in [0.2, 0.25) is 19.6 Å². The molecule has 0 aliphatic carbocycles. The van der Waals surface area contributed by atoms with Crippen LogP contribution in [-0.2, 0) is 13.3 Å². The van der Waals surface area contributed by atoms with Crippen molar-refractivity contribution in [1.82, 2.24) is 0 Å². The summed E-state index contributed by atoms with van der Waals surface area (Å²) in [5.74, 6) is 0. The van der Waals surface area contributed by atoms with Crippen LogP contribution < -0.4 is 0 Å². The molecule has 0 N–H and O–H groups in total. The molecule has 0 spiro atoms. The molecule has 0 rings (SSSR count). The second-order valence-corrected chi connectivity index (χ2v) is 10.7. The minimum absolute atomic E-state index is 1.63. The van der Waals surface area contributed by atoms with E-state index >= 15 is 0 Å². The fourth-order valence-corrected chi connectivity index (χ4v) is 4.03. The van der Waals surface area contributed by atoms with E-state index in [4.69, 9.17) is 13.3 Å². The van der Waals surface area contributed by atoms with Gasteiger partial charge in [-0.3, -0.25) is 0 Å². The van der Waals surface area contributed by atoms with E-state index in [2.05, 4.69) is 18.8 Å². The third-order valence-electron chi connectivity index (χ3n) is 2.12. The molecule has 0 heterocycles. The second kappa shape index (κ2) is 5.06. The first-order chi connectivity index (χ1) is 5.89. The Balaban J connectivity index is 4.39.